The molecule has 0 aliphatic heterocycles. The number of nitrogens with one attached hydrogen (secondary N) is 1. The predicted octanol–water partition coefficient (Wildman–Crippen LogP) is 2.64. The summed E-state index contributed by atoms with van der Waals surface area (Å²) in [5.74, 6) is 0.992. The van der Waals surface area contributed by atoms with Crippen LogP contribution in [0.3, 0.4) is 0 Å². The lowest BCUT2D eigenvalue weighted by molar-refractivity contribution is 0.145. The Morgan fingerprint density at radius 3 is 3.10 bits per heavy atom. The first-order valence-electron chi connectivity index (χ1n) is 7.32. The molecule has 0 unspecified atom stereocenters. The maximum Gasteiger partial charge on any atom is 0.140 e. The molecule has 3 nitrogen and oxygen atoms in total. The fraction of sp³-hybridized carbons (Fsp3) is 0.438. The first-order chi connectivity index (χ1) is 10.2. The second kappa shape index (κ2) is 6.30. The second-order valence-corrected chi connectivity index (χ2v) is 7.07. The molecule has 0 spiro atoms. The van der Waals surface area contributed by atoms with Crippen molar-refractivity contribution in [2.45, 2.75) is 30.9 Å². The molecule has 1 aromatic heterocycles. The van der Waals surface area contributed by atoms with Crippen LogP contribution in [-0.2, 0) is 18.1 Å². The van der Waals surface area contributed by atoms with E-state index in [1.54, 1.807) is 11.3 Å². The Balaban J connectivity index is 1.90. The van der Waals surface area contributed by atoms with Gasteiger partial charge in [-0.1, -0.05) is 12.1 Å². The fourth-order valence-corrected chi connectivity index (χ4v) is 3.98. The molecule has 1 N–H and O–H groups in total. The van der Waals surface area contributed by atoms with E-state index < -0.39 is 5.22 Å². The molecule has 1 atom stereocenters. The Morgan fingerprint density at radius 1 is 1.43 bits per heavy atom. The Bertz CT molecular complexity index is 602. The maximum atomic E-state index is 6.41. The highest BCUT2D eigenvalue weighted by Gasteiger charge is 2.32. The van der Waals surface area contributed by atoms with Gasteiger partial charge in [0, 0.05) is 18.0 Å². The van der Waals surface area contributed by atoms with Crippen molar-refractivity contribution in [3.63, 3.8) is 0 Å². The average molecular weight is 315 g/mol. The number of nitrogens with zero attached hydrogens (tertiary/aromatic N) is 1. The van der Waals surface area contributed by atoms with Crippen molar-refractivity contribution in [3.8, 4) is 5.75 Å². The minimum absolute atomic E-state index is 0.561. The van der Waals surface area contributed by atoms with Gasteiger partial charge in [-0.15, -0.1) is 11.3 Å². The van der Waals surface area contributed by atoms with Crippen molar-refractivity contribution < 1.29 is 4.74 Å². The zero-order valence-electron chi connectivity index (χ0n) is 12.2. The van der Waals surface area contributed by atoms with Crippen LogP contribution < -0.4 is 10.1 Å². The maximum absolute atomic E-state index is 6.41. The lowest BCUT2D eigenvalue weighted by atomic mass is 10.1. The normalized spacial score (nSPS) is 16.5. The molecule has 5 heteroatoms. The number of fused-ring (bicyclic) bond motifs is 1. The van der Waals surface area contributed by atoms with Gasteiger partial charge in [-0.25, -0.2) is 4.98 Å². The molecule has 1 aromatic carbocycles. The third-order valence-electron chi connectivity index (χ3n) is 3.89. The Morgan fingerprint density at radius 2 is 2.33 bits per heavy atom. The van der Waals surface area contributed by atoms with Crippen LogP contribution in [0.25, 0.3) is 0 Å². The van der Waals surface area contributed by atoms with Crippen LogP contribution in [0.1, 0.15) is 29.0 Å². The van der Waals surface area contributed by atoms with Crippen LogP contribution in [0, 0.1) is 0 Å². The minimum atomic E-state index is -0.561. The molecule has 0 saturated heterocycles. The summed E-state index contributed by atoms with van der Waals surface area (Å²) < 4.78 is 6.41. The van der Waals surface area contributed by atoms with Crippen molar-refractivity contribution in [1.82, 2.24) is 10.3 Å². The van der Waals surface area contributed by atoms with Crippen molar-refractivity contribution >= 4 is 21.6 Å². The molecule has 2 aromatic rings. The number of hydrogen-bond donors (Lipinski definition) is 1. The van der Waals surface area contributed by atoms with E-state index in [-0.39, 0.29) is 0 Å². The van der Waals surface area contributed by atoms with Gasteiger partial charge in [-0.3, -0.25) is 0 Å². The zero-order valence-corrected chi connectivity index (χ0v) is 14.0. The van der Waals surface area contributed by atoms with Crippen LogP contribution >= 0.6 is 11.3 Å². The summed E-state index contributed by atoms with van der Waals surface area (Å²) in [6.07, 6.45) is 6.13. The zero-order chi connectivity index (χ0) is 14.7. The summed E-state index contributed by atoms with van der Waals surface area (Å²) in [4.78, 5) is 4.45. The van der Waals surface area contributed by atoms with E-state index in [0.29, 0.717) is 0 Å². The molecule has 0 saturated carbocycles. The highest BCUT2D eigenvalue weighted by Crippen LogP contribution is 2.36. The number of aromatic nitrogens is 1. The summed E-state index contributed by atoms with van der Waals surface area (Å²) in [5.41, 5.74) is 2.79. The Hall–Kier alpha value is -1.17. The first-order valence-corrected chi connectivity index (χ1v) is 8.70. The summed E-state index contributed by atoms with van der Waals surface area (Å²) in [5, 5.41) is 5.58. The molecule has 21 heavy (non-hydrogen) atoms. The topological polar surface area (TPSA) is 34.1 Å². The molecular weight excluding hydrogens is 296 g/mol. The lowest BCUT2D eigenvalue weighted by Gasteiger charge is -2.30. The fourth-order valence-electron chi connectivity index (χ4n) is 2.79. The number of thiazole rings is 1. The van der Waals surface area contributed by atoms with Crippen molar-refractivity contribution in [2.75, 3.05) is 13.6 Å². The summed E-state index contributed by atoms with van der Waals surface area (Å²) in [6, 6.07) is 6.37. The molecule has 1 heterocycles. The summed E-state index contributed by atoms with van der Waals surface area (Å²) in [7, 11) is 5.82. The smallest absolute Gasteiger partial charge is 0.140 e. The van der Waals surface area contributed by atoms with Gasteiger partial charge in [-0.05, 0) is 50.0 Å². The first kappa shape index (κ1) is 14.8. The molecular formula is C16H19N2OSSi. The van der Waals surface area contributed by atoms with E-state index >= 15 is 0 Å². The van der Waals surface area contributed by atoms with Crippen molar-refractivity contribution in [2.24, 2.45) is 0 Å². The lowest BCUT2D eigenvalue weighted by Crippen LogP contribution is -2.37. The summed E-state index contributed by atoms with van der Waals surface area (Å²) >= 11 is 1.62. The van der Waals surface area contributed by atoms with Crippen LogP contribution in [0.4, 0.5) is 0 Å². The van der Waals surface area contributed by atoms with Gasteiger partial charge < -0.3 is 10.1 Å². The van der Waals surface area contributed by atoms with Gasteiger partial charge in [0.2, 0.25) is 0 Å². The van der Waals surface area contributed by atoms with Crippen molar-refractivity contribution in [1.29, 1.82) is 0 Å². The highest BCUT2D eigenvalue weighted by molar-refractivity contribution is 7.09. The van der Waals surface area contributed by atoms with E-state index in [9.17, 15) is 0 Å². The number of rotatable bonds is 6. The second-order valence-electron chi connectivity index (χ2n) is 5.37. The summed E-state index contributed by atoms with van der Waals surface area (Å²) in [6.45, 7) is 0.859. The van der Waals surface area contributed by atoms with Gasteiger partial charge in [0.05, 0.1) is 10.2 Å². The molecule has 0 amide bonds. The Labute approximate surface area is 133 Å². The van der Waals surface area contributed by atoms with Crippen molar-refractivity contribution in [3.05, 3.63) is 45.9 Å². The van der Waals surface area contributed by atoms with Gasteiger partial charge in [0.25, 0.3) is 0 Å². The molecule has 0 fully saturated rings. The van der Waals surface area contributed by atoms with Crippen LogP contribution in [0.15, 0.2) is 29.8 Å². The monoisotopic (exact) mass is 315 g/mol. The van der Waals surface area contributed by atoms with Crippen LogP contribution in [0.2, 0.25) is 0 Å². The molecule has 3 rings (SSSR count). The largest absolute Gasteiger partial charge is 0.485 e. The van der Waals surface area contributed by atoms with E-state index in [0.717, 1.165) is 36.6 Å². The van der Waals surface area contributed by atoms with Crippen LogP contribution in [0.5, 0.6) is 5.75 Å². The third kappa shape index (κ3) is 3.05. The van der Waals surface area contributed by atoms with Gasteiger partial charge >= 0.3 is 0 Å². The Kier molecular flexibility index (Phi) is 4.42. The molecule has 1 aliphatic rings. The SMILES string of the molecule is CNCC[C@@]([Si])(Oc1cccc2c1CCC2)c1nccs1. The van der Waals surface area contributed by atoms with E-state index in [1.807, 2.05) is 18.6 Å². The minimum Gasteiger partial charge on any atom is -0.485 e. The highest BCUT2D eigenvalue weighted by atomic mass is 32.1. The van der Waals surface area contributed by atoms with Gasteiger partial charge in [0.1, 0.15) is 16.0 Å². The standard InChI is InChI=1S/C16H19N2OSSi/c1-17-9-8-16(21,15-18-10-11-20-15)19-14-7-3-5-12-4-2-6-13(12)14/h3,5,7,10-11,17H,2,4,6,8-9H2,1H3/t16-/m0/s1. The van der Waals surface area contributed by atoms with E-state index in [2.05, 4.69) is 38.7 Å². The molecule has 109 valence electrons. The van der Waals surface area contributed by atoms with E-state index in [4.69, 9.17) is 4.74 Å². The van der Waals surface area contributed by atoms with E-state index in [1.165, 1.54) is 17.5 Å². The molecule has 0 bridgehead atoms. The average Bonchev–Trinajstić information content (AvgIpc) is 3.16. The molecule has 3 radical (unpaired) electrons. The quantitative estimate of drug-likeness (QED) is 0.832. The third-order valence-corrected chi connectivity index (χ3v) is 5.58. The van der Waals surface area contributed by atoms with Gasteiger partial charge in [0.15, 0.2) is 0 Å². The number of hydrogen-bond acceptors (Lipinski definition) is 4. The number of aryl methyl sites for hydroxylation is 1. The number of benzene rings is 1. The predicted molar refractivity (Wildman–Crippen MR) is 87.2 cm³/mol. The molecule has 1 aliphatic carbocycles. The van der Waals surface area contributed by atoms with Gasteiger partial charge in [-0.2, -0.15) is 0 Å². The van der Waals surface area contributed by atoms with Crippen LogP contribution in [-0.4, -0.2) is 28.8 Å². The number of ether oxygens (including phenoxy) is 1.